The van der Waals surface area contributed by atoms with E-state index in [0.29, 0.717) is 16.0 Å². The number of thiazole rings is 2. The zero-order valence-corrected chi connectivity index (χ0v) is 14.6. The summed E-state index contributed by atoms with van der Waals surface area (Å²) in [4.78, 5) is 33.5. The monoisotopic (exact) mass is 362 g/mol. The van der Waals surface area contributed by atoms with Gasteiger partial charge in [-0.15, -0.1) is 22.7 Å². The van der Waals surface area contributed by atoms with E-state index >= 15 is 0 Å². The fourth-order valence-corrected chi connectivity index (χ4v) is 3.40. The third kappa shape index (κ3) is 3.87. The van der Waals surface area contributed by atoms with Crippen molar-refractivity contribution in [3.63, 3.8) is 0 Å². The maximum absolute atomic E-state index is 12.0. The SMILES string of the molecule is Cc1nc(NC(=O)Cc2csc(NC(=O)c3ccco3)n2)sc1C. The summed E-state index contributed by atoms with van der Waals surface area (Å²) >= 11 is 2.69. The molecule has 3 rings (SSSR count). The first kappa shape index (κ1) is 16.3. The first-order chi connectivity index (χ1) is 11.5. The van der Waals surface area contributed by atoms with Gasteiger partial charge in [-0.1, -0.05) is 0 Å². The lowest BCUT2D eigenvalue weighted by Gasteiger charge is -1.99. The van der Waals surface area contributed by atoms with Gasteiger partial charge in [0.05, 0.1) is 24.1 Å². The second-order valence-electron chi connectivity index (χ2n) is 4.96. The minimum atomic E-state index is -0.376. The molecular formula is C15H14N4O3S2. The number of rotatable bonds is 5. The molecule has 3 aromatic rings. The van der Waals surface area contributed by atoms with Crippen molar-refractivity contribution in [1.29, 1.82) is 0 Å². The van der Waals surface area contributed by atoms with Crippen LogP contribution >= 0.6 is 22.7 Å². The number of anilines is 2. The molecule has 7 nitrogen and oxygen atoms in total. The van der Waals surface area contributed by atoms with Crippen molar-refractivity contribution in [1.82, 2.24) is 9.97 Å². The first-order valence-electron chi connectivity index (χ1n) is 7.04. The van der Waals surface area contributed by atoms with Crippen molar-refractivity contribution in [2.45, 2.75) is 20.3 Å². The topological polar surface area (TPSA) is 97.1 Å². The number of carbonyl (C=O) groups excluding carboxylic acids is 2. The Bertz CT molecular complexity index is 848. The number of nitrogens with zero attached hydrogens (tertiary/aromatic N) is 2. The van der Waals surface area contributed by atoms with Crippen LogP contribution in [0.1, 0.15) is 26.8 Å². The predicted octanol–water partition coefficient (Wildman–Crippen LogP) is 3.24. The van der Waals surface area contributed by atoms with E-state index in [0.717, 1.165) is 10.6 Å². The van der Waals surface area contributed by atoms with Gasteiger partial charge in [0.15, 0.2) is 16.0 Å². The lowest BCUT2D eigenvalue weighted by atomic mass is 10.3. The molecule has 0 saturated heterocycles. The molecule has 2 amide bonds. The molecule has 0 unspecified atom stereocenters. The van der Waals surface area contributed by atoms with E-state index in [2.05, 4.69) is 20.6 Å². The molecule has 0 aliphatic rings. The summed E-state index contributed by atoms with van der Waals surface area (Å²) in [6.07, 6.45) is 1.54. The summed E-state index contributed by atoms with van der Waals surface area (Å²) in [5.74, 6) is -0.365. The highest BCUT2D eigenvalue weighted by Crippen LogP contribution is 2.22. The minimum Gasteiger partial charge on any atom is -0.459 e. The van der Waals surface area contributed by atoms with E-state index in [-0.39, 0.29) is 24.0 Å². The Morgan fingerprint density at radius 3 is 2.71 bits per heavy atom. The number of aryl methyl sites for hydroxylation is 2. The molecule has 124 valence electrons. The van der Waals surface area contributed by atoms with Crippen LogP contribution in [0.25, 0.3) is 0 Å². The molecule has 0 aromatic carbocycles. The van der Waals surface area contributed by atoms with Gasteiger partial charge in [-0.05, 0) is 26.0 Å². The fraction of sp³-hybridized carbons (Fsp3) is 0.200. The standard InChI is InChI=1S/C15H14N4O3S2/c1-8-9(2)24-15(16-8)18-12(20)6-10-7-23-14(17-10)19-13(21)11-4-3-5-22-11/h3-5,7H,6H2,1-2H3,(H,16,18,20)(H,17,19,21). The van der Waals surface area contributed by atoms with Crippen LogP contribution in [0.2, 0.25) is 0 Å². The highest BCUT2D eigenvalue weighted by molar-refractivity contribution is 7.15. The molecule has 0 atom stereocenters. The van der Waals surface area contributed by atoms with Crippen molar-refractivity contribution in [2.75, 3.05) is 10.6 Å². The van der Waals surface area contributed by atoms with Crippen LogP contribution in [-0.2, 0) is 11.2 Å². The van der Waals surface area contributed by atoms with Crippen LogP contribution in [0.5, 0.6) is 0 Å². The number of furan rings is 1. The highest BCUT2D eigenvalue weighted by atomic mass is 32.1. The summed E-state index contributed by atoms with van der Waals surface area (Å²) in [7, 11) is 0. The van der Waals surface area contributed by atoms with Crippen molar-refractivity contribution < 1.29 is 14.0 Å². The van der Waals surface area contributed by atoms with Gasteiger partial charge in [0.25, 0.3) is 5.91 Å². The second kappa shape index (κ2) is 6.93. The van der Waals surface area contributed by atoms with Crippen LogP contribution < -0.4 is 10.6 Å². The second-order valence-corrected chi connectivity index (χ2v) is 7.02. The highest BCUT2D eigenvalue weighted by Gasteiger charge is 2.14. The molecule has 3 heterocycles. The first-order valence-corrected chi connectivity index (χ1v) is 8.74. The molecule has 0 radical (unpaired) electrons. The number of carbonyl (C=O) groups is 2. The summed E-state index contributed by atoms with van der Waals surface area (Å²) < 4.78 is 5.01. The van der Waals surface area contributed by atoms with E-state index in [1.165, 1.54) is 28.9 Å². The third-order valence-corrected chi connectivity index (χ3v) is 4.93. The zero-order valence-electron chi connectivity index (χ0n) is 13.0. The van der Waals surface area contributed by atoms with E-state index in [1.807, 2.05) is 13.8 Å². The molecule has 0 saturated carbocycles. The van der Waals surface area contributed by atoms with Crippen molar-refractivity contribution in [3.05, 3.63) is 45.8 Å². The summed E-state index contributed by atoms with van der Waals surface area (Å²) in [5, 5.41) is 8.12. The number of hydrogen-bond acceptors (Lipinski definition) is 7. The van der Waals surface area contributed by atoms with Gasteiger partial charge in [0, 0.05) is 10.3 Å². The summed E-state index contributed by atoms with van der Waals surface area (Å²) in [6, 6.07) is 3.20. The van der Waals surface area contributed by atoms with Crippen LogP contribution in [0.4, 0.5) is 10.3 Å². The Morgan fingerprint density at radius 1 is 1.21 bits per heavy atom. The zero-order chi connectivity index (χ0) is 17.1. The van der Waals surface area contributed by atoms with E-state index in [4.69, 9.17) is 4.42 Å². The Kier molecular flexibility index (Phi) is 4.72. The quantitative estimate of drug-likeness (QED) is 0.726. The Labute approximate surface area is 145 Å². The van der Waals surface area contributed by atoms with Crippen molar-refractivity contribution in [3.8, 4) is 0 Å². The van der Waals surface area contributed by atoms with Gasteiger partial charge in [-0.2, -0.15) is 0 Å². The Hall–Kier alpha value is -2.52. The summed E-state index contributed by atoms with van der Waals surface area (Å²) in [5.41, 5.74) is 1.49. The third-order valence-electron chi connectivity index (χ3n) is 3.13. The summed E-state index contributed by atoms with van der Waals surface area (Å²) in [6.45, 7) is 3.85. The number of amides is 2. The Morgan fingerprint density at radius 2 is 2.04 bits per heavy atom. The van der Waals surface area contributed by atoms with E-state index < -0.39 is 0 Å². The van der Waals surface area contributed by atoms with E-state index in [9.17, 15) is 9.59 Å². The minimum absolute atomic E-state index is 0.116. The molecule has 0 spiro atoms. The number of hydrogen-bond donors (Lipinski definition) is 2. The molecular weight excluding hydrogens is 348 g/mol. The molecule has 0 bridgehead atoms. The maximum atomic E-state index is 12.0. The molecule has 3 aromatic heterocycles. The lowest BCUT2D eigenvalue weighted by molar-refractivity contribution is -0.115. The van der Waals surface area contributed by atoms with Gasteiger partial charge < -0.3 is 9.73 Å². The van der Waals surface area contributed by atoms with Gasteiger partial charge in [-0.3, -0.25) is 14.9 Å². The average molecular weight is 362 g/mol. The fourth-order valence-electron chi connectivity index (χ4n) is 1.87. The van der Waals surface area contributed by atoms with Crippen LogP contribution in [-0.4, -0.2) is 21.8 Å². The van der Waals surface area contributed by atoms with Gasteiger partial charge in [0.1, 0.15) is 0 Å². The van der Waals surface area contributed by atoms with Crippen molar-refractivity contribution in [2.24, 2.45) is 0 Å². The van der Waals surface area contributed by atoms with Crippen LogP contribution in [0.15, 0.2) is 28.2 Å². The van der Waals surface area contributed by atoms with E-state index in [1.54, 1.807) is 17.5 Å². The smallest absolute Gasteiger partial charge is 0.293 e. The van der Waals surface area contributed by atoms with Crippen LogP contribution in [0.3, 0.4) is 0 Å². The van der Waals surface area contributed by atoms with Crippen molar-refractivity contribution >= 4 is 44.8 Å². The molecule has 0 aliphatic carbocycles. The largest absolute Gasteiger partial charge is 0.459 e. The molecule has 2 N–H and O–H groups in total. The predicted molar refractivity (Wildman–Crippen MR) is 92.7 cm³/mol. The molecule has 9 heteroatoms. The van der Waals surface area contributed by atoms with Crippen LogP contribution in [0, 0.1) is 13.8 Å². The molecule has 24 heavy (non-hydrogen) atoms. The molecule has 0 fully saturated rings. The Balaban J connectivity index is 1.57. The van der Waals surface area contributed by atoms with Gasteiger partial charge in [-0.25, -0.2) is 9.97 Å². The number of aromatic nitrogens is 2. The molecule has 0 aliphatic heterocycles. The average Bonchev–Trinajstić information content (AvgIpc) is 3.23. The van der Waals surface area contributed by atoms with Gasteiger partial charge >= 0.3 is 0 Å². The van der Waals surface area contributed by atoms with Gasteiger partial charge in [0.2, 0.25) is 5.91 Å². The number of nitrogens with one attached hydrogen (secondary N) is 2. The lowest BCUT2D eigenvalue weighted by Crippen LogP contribution is -2.15. The normalized spacial score (nSPS) is 10.6. The maximum Gasteiger partial charge on any atom is 0.293 e.